The number of carboxylic acid groups (broad SMARTS) is 1. The molecule has 4 heteroatoms. The monoisotopic (exact) mass is 327 g/mol. The number of methoxy groups -OCH3 is 1. The quantitative estimate of drug-likeness (QED) is 0.644. The Morgan fingerprint density at radius 3 is 2.67 bits per heavy atom. The second-order valence-corrected chi connectivity index (χ2v) is 5.93. The standard InChI is InChI=1S/C18H21NO.C2H4O2/c1-18(2,19-3)11-10-14-8-9-15-6-5-7-16(13-20-4)17(15)12-14;1-2(3)4/h5-6,8-9,12-13,19H,7H2,1-4H3;1H3,(H,3,4). The Balaban J connectivity index is 0.000000648. The highest BCUT2D eigenvalue weighted by Gasteiger charge is 2.12. The van der Waals surface area contributed by atoms with Crippen molar-refractivity contribution >= 4 is 17.6 Å². The van der Waals surface area contributed by atoms with Gasteiger partial charge in [0, 0.05) is 12.5 Å². The van der Waals surface area contributed by atoms with Crippen LogP contribution in [-0.4, -0.2) is 30.8 Å². The number of hydrogen-bond acceptors (Lipinski definition) is 3. The van der Waals surface area contributed by atoms with Gasteiger partial charge < -0.3 is 15.2 Å². The Labute approximate surface area is 144 Å². The van der Waals surface area contributed by atoms with Crippen LogP contribution in [0.2, 0.25) is 0 Å². The molecule has 1 aliphatic rings. The zero-order valence-electron chi connectivity index (χ0n) is 14.9. The SMILES string of the molecule is CC(=O)O.CNC(C)(C)C#Cc1ccc2c(c1)C(=COC)CC=C2. The van der Waals surface area contributed by atoms with Crippen LogP contribution in [0.5, 0.6) is 0 Å². The lowest BCUT2D eigenvalue weighted by Crippen LogP contribution is -2.34. The minimum Gasteiger partial charge on any atom is -0.504 e. The molecule has 0 unspecified atom stereocenters. The number of carboxylic acids is 1. The number of allylic oxidation sites excluding steroid dienone is 2. The topological polar surface area (TPSA) is 58.6 Å². The fourth-order valence-electron chi connectivity index (χ4n) is 2.03. The molecular formula is C20H25NO3. The van der Waals surface area contributed by atoms with Gasteiger partial charge in [-0.1, -0.05) is 30.1 Å². The summed E-state index contributed by atoms with van der Waals surface area (Å²) in [6, 6.07) is 6.32. The van der Waals surface area contributed by atoms with E-state index in [4.69, 9.17) is 14.6 Å². The first-order valence-electron chi connectivity index (χ1n) is 7.73. The van der Waals surface area contributed by atoms with Crippen molar-refractivity contribution in [3.63, 3.8) is 0 Å². The van der Waals surface area contributed by atoms with Gasteiger partial charge in [-0.25, -0.2) is 0 Å². The molecule has 0 aromatic heterocycles. The summed E-state index contributed by atoms with van der Waals surface area (Å²) in [5.74, 6) is 5.66. The average molecular weight is 327 g/mol. The van der Waals surface area contributed by atoms with E-state index in [2.05, 4.69) is 61.4 Å². The third kappa shape index (κ3) is 6.31. The molecule has 2 rings (SSSR count). The minimum atomic E-state index is -0.833. The van der Waals surface area contributed by atoms with Gasteiger partial charge in [-0.2, -0.15) is 0 Å². The molecule has 1 aliphatic carbocycles. The molecule has 0 bridgehead atoms. The zero-order chi connectivity index (χ0) is 18.2. The smallest absolute Gasteiger partial charge is 0.300 e. The normalized spacial score (nSPS) is 14.0. The van der Waals surface area contributed by atoms with Crippen LogP contribution in [0.1, 0.15) is 43.9 Å². The fraction of sp³-hybridized carbons (Fsp3) is 0.350. The summed E-state index contributed by atoms with van der Waals surface area (Å²) in [7, 11) is 3.61. The van der Waals surface area contributed by atoms with Crippen LogP contribution in [0.4, 0.5) is 0 Å². The molecule has 4 nitrogen and oxygen atoms in total. The summed E-state index contributed by atoms with van der Waals surface area (Å²) in [5, 5.41) is 10.6. The molecule has 0 heterocycles. The number of hydrogen-bond donors (Lipinski definition) is 2. The lowest BCUT2D eigenvalue weighted by atomic mass is 9.91. The molecule has 0 fully saturated rings. The molecule has 24 heavy (non-hydrogen) atoms. The molecule has 0 aliphatic heterocycles. The third-order valence-electron chi connectivity index (χ3n) is 3.44. The molecule has 0 atom stereocenters. The summed E-state index contributed by atoms with van der Waals surface area (Å²) in [4.78, 5) is 9.00. The molecule has 1 aromatic rings. The summed E-state index contributed by atoms with van der Waals surface area (Å²) in [6.45, 7) is 5.22. The van der Waals surface area contributed by atoms with Crippen LogP contribution in [0.15, 0.2) is 30.5 Å². The number of nitrogens with one attached hydrogen (secondary N) is 1. The summed E-state index contributed by atoms with van der Waals surface area (Å²) in [6.07, 6.45) is 7.02. The number of carbonyl (C=O) groups is 1. The minimum absolute atomic E-state index is 0.180. The molecular weight excluding hydrogens is 302 g/mol. The van der Waals surface area contributed by atoms with Gasteiger partial charge in [-0.05, 0) is 56.1 Å². The number of aliphatic carboxylic acids is 1. The predicted octanol–water partition coefficient (Wildman–Crippen LogP) is 3.53. The molecule has 0 saturated carbocycles. The average Bonchev–Trinajstić information content (AvgIpc) is 2.53. The van der Waals surface area contributed by atoms with Gasteiger partial charge in [0.05, 0.1) is 18.9 Å². The highest BCUT2D eigenvalue weighted by Crippen LogP contribution is 2.29. The Morgan fingerprint density at radius 1 is 1.42 bits per heavy atom. The lowest BCUT2D eigenvalue weighted by Gasteiger charge is -2.16. The molecule has 0 amide bonds. The van der Waals surface area contributed by atoms with Crippen molar-refractivity contribution in [1.82, 2.24) is 5.32 Å². The Morgan fingerprint density at radius 2 is 2.08 bits per heavy atom. The van der Waals surface area contributed by atoms with Crippen molar-refractivity contribution < 1.29 is 14.6 Å². The van der Waals surface area contributed by atoms with E-state index in [-0.39, 0.29) is 5.54 Å². The number of fused-ring (bicyclic) bond motifs is 1. The number of rotatable bonds is 2. The number of benzene rings is 1. The molecule has 0 saturated heterocycles. The second-order valence-electron chi connectivity index (χ2n) is 5.93. The van der Waals surface area contributed by atoms with Crippen molar-refractivity contribution in [1.29, 1.82) is 0 Å². The summed E-state index contributed by atoms with van der Waals surface area (Å²) >= 11 is 0. The van der Waals surface area contributed by atoms with Gasteiger partial charge in [-0.15, -0.1) is 0 Å². The van der Waals surface area contributed by atoms with E-state index in [1.54, 1.807) is 7.11 Å². The van der Waals surface area contributed by atoms with Crippen LogP contribution in [-0.2, 0) is 9.53 Å². The third-order valence-corrected chi connectivity index (χ3v) is 3.44. The summed E-state index contributed by atoms with van der Waals surface area (Å²) in [5.41, 5.74) is 4.48. The molecule has 2 N–H and O–H groups in total. The molecule has 0 spiro atoms. The number of ether oxygens (including phenoxy) is 1. The zero-order valence-corrected chi connectivity index (χ0v) is 14.9. The Bertz CT molecular complexity index is 699. The van der Waals surface area contributed by atoms with E-state index in [0.29, 0.717) is 0 Å². The molecule has 1 aromatic carbocycles. The van der Waals surface area contributed by atoms with Crippen LogP contribution >= 0.6 is 0 Å². The first-order valence-corrected chi connectivity index (χ1v) is 7.73. The second kappa shape index (κ2) is 8.95. The van der Waals surface area contributed by atoms with Crippen LogP contribution < -0.4 is 5.32 Å². The van der Waals surface area contributed by atoms with Crippen molar-refractivity contribution in [2.24, 2.45) is 0 Å². The van der Waals surface area contributed by atoms with Crippen molar-refractivity contribution in [3.05, 3.63) is 47.2 Å². The fourth-order valence-corrected chi connectivity index (χ4v) is 2.03. The first kappa shape index (κ1) is 19.5. The highest BCUT2D eigenvalue weighted by molar-refractivity contribution is 5.79. The first-order chi connectivity index (χ1) is 11.3. The molecule has 128 valence electrons. The van der Waals surface area contributed by atoms with Gasteiger partial charge in [-0.3, -0.25) is 4.79 Å². The lowest BCUT2D eigenvalue weighted by molar-refractivity contribution is -0.134. The Hall–Kier alpha value is -2.51. The van der Waals surface area contributed by atoms with E-state index in [0.717, 1.165) is 18.9 Å². The predicted molar refractivity (Wildman–Crippen MR) is 98.4 cm³/mol. The van der Waals surface area contributed by atoms with Gasteiger partial charge >= 0.3 is 0 Å². The van der Waals surface area contributed by atoms with Gasteiger partial charge in [0.25, 0.3) is 5.97 Å². The highest BCUT2D eigenvalue weighted by atomic mass is 16.5. The molecule has 0 radical (unpaired) electrons. The van der Waals surface area contributed by atoms with E-state index in [9.17, 15) is 0 Å². The Kier molecular flexibility index (Phi) is 7.29. The van der Waals surface area contributed by atoms with Crippen molar-refractivity contribution in [2.75, 3.05) is 14.2 Å². The van der Waals surface area contributed by atoms with E-state index in [1.807, 2.05) is 13.3 Å². The van der Waals surface area contributed by atoms with Gasteiger partial charge in [0.2, 0.25) is 0 Å². The maximum Gasteiger partial charge on any atom is 0.300 e. The largest absolute Gasteiger partial charge is 0.504 e. The van der Waals surface area contributed by atoms with E-state index in [1.165, 1.54) is 16.7 Å². The van der Waals surface area contributed by atoms with E-state index < -0.39 is 5.97 Å². The van der Waals surface area contributed by atoms with Crippen molar-refractivity contribution in [2.45, 2.75) is 32.7 Å². The maximum absolute atomic E-state index is 9.00. The van der Waals surface area contributed by atoms with Gasteiger partial charge in [0.15, 0.2) is 0 Å². The van der Waals surface area contributed by atoms with Gasteiger partial charge in [0.1, 0.15) is 0 Å². The maximum atomic E-state index is 9.00. The van der Waals surface area contributed by atoms with Crippen molar-refractivity contribution in [3.8, 4) is 11.8 Å². The van der Waals surface area contributed by atoms with Crippen LogP contribution in [0.3, 0.4) is 0 Å². The van der Waals surface area contributed by atoms with Crippen LogP contribution in [0.25, 0.3) is 11.6 Å². The van der Waals surface area contributed by atoms with Crippen LogP contribution in [0, 0.1) is 11.8 Å². The van der Waals surface area contributed by atoms with E-state index >= 15 is 0 Å². The summed E-state index contributed by atoms with van der Waals surface area (Å²) < 4.78 is 5.17.